The number of methoxy groups -OCH3 is 2. The van der Waals surface area contributed by atoms with Crippen LogP contribution in [0.3, 0.4) is 0 Å². The van der Waals surface area contributed by atoms with Gasteiger partial charge < -0.3 is 19.0 Å². The molecule has 11 nitrogen and oxygen atoms in total. The van der Waals surface area contributed by atoms with E-state index in [1.54, 1.807) is 55.6 Å². The molecule has 0 unspecified atom stereocenters. The lowest BCUT2D eigenvalue weighted by atomic mass is 10.1. The maximum Gasteiger partial charge on any atom is 0.243 e. The Kier molecular flexibility index (Phi) is 7.00. The minimum atomic E-state index is -4.18. The number of hydrogen-bond acceptors (Lipinski definition) is 9. The zero-order valence-corrected chi connectivity index (χ0v) is 21.3. The first-order valence-corrected chi connectivity index (χ1v) is 12.6. The number of benzene rings is 1. The summed E-state index contributed by atoms with van der Waals surface area (Å²) < 4.78 is 47.4. The topological polar surface area (TPSA) is 142 Å². The van der Waals surface area contributed by atoms with Gasteiger partial charge in [0.05, 0.1) is 19.9 Å². The van der Waals surface area contributed by atoms with Crippen molar-refractivity contribution in [2.45, 2.75) is 32.1 Å². The number of sulfonamides is 1. The maximum absolute atomic E-state index is 13.4. The highest BCUT2D eigenvalue weighted by atomic mass is 32.2. The zero-order valence-electron chi connectivity index (χ0n) is 20.5. The molecule has 12 heteroatoms. The molecule has 0 fully saturated rings. The van der Waals surface area contributed by atoms with E-state index in [4.69, 9.17) is 13.9 Å². The number of nitrogens with zero attached hydrogens (tertiary/aromatic N) is 4. The van der Waals surface area contributed by atoms with Crippen LogP contribution in [-0.4, -0.2) is 52.7 Å². The fourth-order valence-electron chi connectivity index (χ4n) is 3.61. The molecule has 0 aliphatic heterocycles. The molecule has 0 saturated carbocycles. The van der Waals surface area contributed by atoms with Gasteiger partial charge in [-0.25, -0.2) is 8.42 Å². The molecule has 0 saturated heterocycles. The van der Waals surface area contributed by atoms with Crippen molar-refractivity contribution in [1.82, 2.24) is 19.7 Å². The summed E-state index contributed by atoms with van der Waals surface area (Å²) in [7, 11) is -1.22. The van der Waals surface area contributed by atoms with Crippen LogP contribution in [0.4, 0.5) is 5.95 Å². The highest BCUT2D eigenvalue weighted by molar-refractivity contribution is 7.93. The number of ether oxygens (including phenoxy) is 2. The number of aryl methyl sites for hydroxylation is 2. The van der Waals surface area contributed by atoms with E-state index in [-0.39, 0.29) is 17.5 Å². The molecule has 0 bridgehead atoms. The molecule has 0 aliphatic carbocycles. The van der Waals surface area contributed by atoms with Gasteiger partial charge in [0, 0.05) is 6.20 Å². The molecule has 0 spiro atoms. The number of aliphatic hydroxyl groups is 1. The lowest BCUT2D eigenvalue weighted by Crippen LogP contribution is -2.32. The van der Waals surface area contributed by atoms with E-state index >= 15 is 0 Å². The molecule has 2 atom stereocenters. The van der Waals surface area contributed by atoms with Crippen LogP contribution in [0.25, 0.3) is 17.3 Å². The lowest BCUT2D eigenvalue weighted by molar-refractivity contribution is 0.171. The van der Waals surface area contributed by atoms with Crippen LogP contribution in [0.1, 0.15) is 30.0 Å². The van der Waals surface area contributed by atoms with E-state index in [1.165, 1.54) is 25.7 Å². The fraction of sp³-hybridized carbons (Fsp3) is 0.292. The Morgan fingerprint density at radius 3 is 2.28 bits per heavy atom. The van der Waals surface area contributed by atoms with Gasteiger partial charge in [0.25, 0.3) is 0 Å². The van der Waals surface area contributed by atoms with Gasteiger partial charge in [0.15, 0.2) is 5.76 Å². The standard InChI is InChI=1S/C24H27N5O6S/c1-14-9-11-17(25-13-14)22(30)16(3)36(31,32)28-24-27-26-23(20-12-10-15(2)35-20)29(24)21-18(33-4)7-6-8-19(21)34-5/h6-13,16,22,30H,1-5H3,(H,27,28)/t16-,22-/m0/s1. The third-order valence-electron chi connectivity index (χ3n) is 5.65. The molecular weight excluding hydrogens is 486 g/mol. The van der Waals surface area contributed by atoms with Gasteiger partial charge in [-0.2, -0.15) is 0 Å². The van der Waals surface area contributed by atoms with Crippen molar-refractivity contribution in [1.29, 1.82) is 0 Å². The number of furan rings is 1. The van der Waals surface area contributed by atoms with E-state index in [0.29, 0.717) is 28.7 Å². The molecule has 190 valence electrons. The Hall–Kier alpha value is -3.90. The van der Waals surface area contributed by atoms with Gasteiger partial charge in [-0.3, -0.25) is 14.3 Å². The first-order valence-electron chi connectivity index (χ1n) is 11.0. The average molecular weight is 514 g/mol. The number of aromatic nitrogens is 4. The van der Waals surface area contributed by atoms with Crippen molar-refractivity contribution in [3.05, 3.63) is 65.7 Å². The number of hydrogen-bond donors (Lipinski definition) is 2. The fourth-order valence-corrected chi connectivity index (χ4v) is 4.66. The second-order valence-corrected chi connectivity index (χ2v) is 10.2. The number of nitrogens with one attached hydrogen (secondary N) is 1. The Bertz CT molecular complexity index is 1440. The van der Waals surface area contributed by atoms with E-state index in [1.807, 2.05) is 6.92 Å². The molecule has 4 aromatic rings. The second-order valence-electron chi connectivity index (χ2n) is 8.16. The number of aliphatic hydroxyl groups excluding tert-OH is 1. The summed E-state index contributed by atoms with van der Waals surface area (Å²) in [5.74, 6) is 1.84. The Labute approximate surface area is 208 Å². The summed E-state index contributed by atoms with van der Waals surface area (Å²) in [6, 6.07) is 11.9. The molecule has 0 aliphatic rings. The molecule has 0 amide bonds. The van der Waals surface area contributed by atoms with Crippen molar-refractivity contribution in [3.63, 3.8) is 0 Å². The van der Waals surface area contributed by atoms with Gasteiger partial charge in [-0.15, -0.1) is 10.2 Å². The van der Waals surface area contributed by atoms with E-state index in [9.17, 15) is 13.5 Å². The maximum atomic E-state index is 13.4. The van der Waals surface area contributed by atoms with Gasteiger partial charge >= 0.3 is 0 Å². The molecule has 0 radical (unpaired) electrons. The summed E-state index contributed by atoms with van der Waals surface area (Å²) in [6.07, 6.45) is 0.181. The van der Waals surface area contributed by atoms with Crippen LogP contribution in [-0.2, 0) is 10.0 Å². The summed E-state index contributed by atoms with van der Waals surface area (Å²) in [6.45, 7) is 5.01. The summed E-state index contributed by atoms with van der Waals surface area (Å²) in [5, 5.41) is 17.8. The summed E-state index contributed by atoms with van der Waals surface area (Å²) in [4.78, 5) is 4.16. The number of anilines is 1. The molecule has 1 aromatic carbocycles. The smallest absolute Gasteiger partial charge is 0.243 e. The molecule has 3 heterocycles. The van der Waals surface area contributed by atoms with Gasteiger partial charge in [-0.1, -0.05) is 12.1 Å². The van der Waals surface area contributed by atoms with Crippen LogP contribution >= 0.6 is 0 Å². The number of para-hydroxylation sites is 1. The minimum absolute atomic E-state index is 0.141. The lowest BCUT2D eigenvalue weighted by Gasteiger charge is -2.21. The molecule has 4 rings (SSSR count). The van der Waals surface area contributed by atoms with Crippen molar-refractivity contribution in [3.8, 4) is 28.8 Å². The van der Waals surface area contributed by atoms with Crippen molar-refractivity contribution < 1.29 is 27.4 Å². The van der Waals surface area contributed by atoms with Gasteiger partial charge in [0.2, 0.25) is 21.8 Å². The minimum Gasteiger partial charge on any atom is -0.494 e. The van der Waals surface area contributed by atoms with Gasteiger partial charge in [0.1, 0.15) is 34.3 Å². The molecular formula is C24H27N5O6S. The summed E-state index contributed by atoms with van der Waals surface area (Å²) >= 11 is 0. The number of pyridine rings is 1. The van der Waals surface area contributed by atoms with Crippen LogP contribution < -0.4 is 14.2 Å². The van der Waals surface area contributed by atoms with Gasteiger partial charge in [-0.05, 0) is 56.7 Å². The molecule has 3 aromatic heterocycles. The zero-order chi connectivity index (χ0) is 26.0. The number of rotatable bonds is 9. The first kappa shape index (κ1) is 25.2. The second kappa shape index (κ2) is 9.99. The van der Waals surface area contributed by atoms with Crippen LogP contribution in [0.2, 0.25) is 0 Å². The quantitative estimate of drug-likeness (QED) is 0.344. The molecule has 36 heavy (non-hydrogen) atoms. The Morgan fingerprint density at radius 1 is 1.03 bits per heavy atom. The molecule has 2 N–H and O–H groups in total. The van der Waals surface area contributed by atoms with Crippen molar-refractivity contribution >= 4 is 16.0 Å². The van der Waals surface area contributed by atoms with E-state index < -0.39 is 21.4 Å². The highest BCUT2D eigenvalue weighted by Gasteiger charge is 2.33. The third kappa shape index (κ3) is 4.77. The summed E-state index contributed by atoms with van der Waals surface area (Å²) in [5.41, 5.74) is 1.49. The first-order chi connectivity index (χ1) is 17.2. The largest absolute Gasteiger partial charge is 0.494 e. The Morgan fingerprint density at radius 2 is 1.72 bits per heavy atom. The normalized spacial score (nSPS) is 13.3. The van der Waals surface area contributed by atoms with E-state index in [0.717, 1.165) is 5.56 Å². The predicted octanol–water partition coefficient (Wildman–Crippen LogP) is 3.42. The van der Waals surface area contributed by atoms with E-state index in [2.05, 4.69) is 19.9 Å². The highest BCUT2D eigenvalue weighted by Crippen LogP contribution is 2.38. The van der Waals surface area contributed by atoms with Crippen LogP contribution in [0.15, 0.2) is 53.1 Å². The monoisotopic (exact) mass is 513 g/mol. The predicted molar refractivity (Wildman–Crippen MR) is 133 cm³/mol. The van der Waals surface area contributed by atoms with Crippen molar-refractivity contribution in [2.24, 2.45) is 0 Å². The SMILES string of the molecule is COc1cccc(OC)c1-n1c(NS(=O)(=O)[C@@H](C)[C@H](O)c2ccc(C)cn2)nnc1-c1ccc(C)o1. The van der Waals surface area contributed by atoms with Crippen LogP contribution in [0, 0.1) is 13.8 Å². The third-order valence-corrected chi connectivity index (χ3v) is 7.36. The van der Waals surface area contributed by atoms with Crippen LogP contribution in [0.5, 0.6) is 11.5 Å². The Balaban J connectivity index is 1.81. The average Bonchev–Trinajstić information content (AvgIpc) is 3.48. The van der Waals surface area contributed by atoms with Crippen molar-refractivity contribution in [2.75, 3.05) is 18.9 Å².